The molecule has 0 spiro atoms. The van der Waals surface area contributed by atoms with Crippen molar-refractivity contribution >= 4 is 23.3 Å². The Balaban J connectivity index is 1.58. The summed E-state index contributed by atoms with van der Waals surface area (Å²) >= 11 is 5.95. The molecular weight excluding hydrogens is 326 g/mol. The molecule has 6 nitrogen and oxygen atoms in total. The fraction of sp³-hybridized carbons (Fsp3) is 0.471. The molecule has 3 rings (SSSR count). The summed E-state index contributed by atoms with van der Waals surface area (Å²) in [5, 5.41) is 11.8. The number of carbonyl (C=O) groups is 1. The molecule has 0 bridgehead atoms. The number of nitrogens with zero attached hydrogens (tertiary/aromatic N) is 4. The van der Waals surface area contributed by atoms with Crippen molar-refractivity contribution in [2.75, 3.05) is 18.4 Å². The van der Waals surface area contributed by atoms with Crippen molar-refractivity contribution in [2.45, 2.75) is 38.6 Å². The molecule has 1 saturated heterocycles. The highest BCUT2D eigenvalue weighted by Gasteiger charge is 2.27. The van der Waals surface area contributed by atoms with Crippen LogP contribution in [0.25, 0.3) is 0 Å². The zero-order chi connectivity index (χ0) is 17.1. The predicted octanol–water partition coefficient (Wildman–Crippen LogP) is 3.92. The maximum absolute atomic E-state index is 12.4. The van der Waals surface area contributed by atoms with Gasteiger partial charge in [0, 0.05) is 35.8 Å². The first-order valence-electron chi connectivity index (χ1n) is 8.25. The first-order chi connectivity index (χ1) is 11.5. The highest BCUT2D eigenvalue weighted by molar-refractivity contribution is 6.30. The molecule has 0 saturated carbocycles. The van der Waals surface area contributed by atoms with Crippen LogP contribution < -0.4 is 5.32 Å². The van der Waals surface area contributed by atoms with Gasteiger partial charge < -0.3 is 14.8 Å². The van der Waals surface area contributed by atoms with Crippen molar-refractivity contribution < 1.29 is 4.79 Å². The minimum atomic E-state index is -0.0824. The summed E-state index contributed by atoms with van der Waals surface area (Å²) < 4.78 is 2.12. The van der Waals surface area contributed by atoms with Crippen LogP contribution >= 0.6 is 11.6 Å². The Labute approximate surface area is 146 Å². The van der Waals surface area contributed by atoms with Crippen LogP contribution in [0.4, 0.5) is 10.5 Å². The van der Waals surface area contributed by atoms with Gasteiger partial charge in [-0.1, -0.05) is 17.7 Å². The Bertz CT molecular complexity index is 707. The van der Waals surface area contributed by atoms with E-state index >= 15 is 0 Å². The third-order valence-corrected chi connectivity index (χ3v) is 4.62. The van der Waals surface area contributed by atoms with Crippen LogP contribution in [0, 0.1) is 0 Å². The van der Waals surface area contributed by atoms with E-state index in [2.05, 4.69) is 33.9 Å². The average Bonchev–Trinajstić information content (AvgIpc) is 3.05. The van der Waals surface area contributed by atoms with Crippen LogP contribution in [0.1, 0.15) is 44.5 Å². The highest BCUT2D eigenvalue weighted by atomic mass is 35.5. The summed E-state index contributed by atoms with van der Waals surface area (Å²) in [6.07, 6.45) is 3.58. The second kappa shape index (κ2) is 7.21. The normalized spacial score (nSPS) is 15.8. The van der Waals surface area contributed by atoms with Gasteiger partial charge in [0.1, 0.15) is 12.2 Å². The van der Waals surface area contributed by atoms with Gasteiger partial charge in [-0.2, -0.15) is 0 Å². The maximum Gasteiger partial charge on any atom is 0.321 e. The van der Waals surface area contributed by atoms with Gasteiger partial charge in [0.2, 0.25) is 0 Å². The Hall–Kier alpha value is -2.08. The van der Waals surface area contributed by atoms with E-state index in [0.717, 1.165) is 18.7 Å². The van der Waals surface area contributed by atoms with E-state index < -0.39 is 0 Å². The van der Waals surface area contributed by atoms with Gasteiger partial charge in [0.15, 0.2) is 0 Å². The smallest absolute Gasteiger partial charge is 0.321 e. The van der Waals surface area contributed by atoms with Crippen molar-refractivity contribution in [3.63, 3.8) is 0 Å². The van der Waals surface area contributed by atoms with Gasteiger partial charge in [-0.05, 0) is 44.9 Å². The minimum absolute atomic E-state index is 0.0824. The maximum atomic E-state index is 12.4. The summed E-state index contributed by atoms with van der Waals surface area (Å²) in [6.45, 7) is 5.67. The molecule has 0 unspecified atom stereocenters. The molecule has 1 aromatic heterocycles. The number of rotatable bonds is 3. The van der Waals surface area contributed by atoms with Crippen molar-refractivity contribution in [3.05, 3.63) is 41.4 Å². The molecule has 1 N–H and O–H groups in total. The van der Waals surface area contributed by atoms with E-state index in [4.69, 9.17) is 11.6 Å². The minimum Gasteiger partial charge on any atom is -0.324 e. The fourth-order valence-electron chi connectivity index (χ4n) is 3.05. The molecule has 0 radical (unpaired) electrons. The van der Waals surface area contributed by atoms with Crippen LogP contribution in [0.15, 0.2) is 30.6 Å². The molecule has 2 aromatic rings. The number of likely N-dealkylation sites (tertiary alicyclic amines) is 1. The Kier molecular flexibility index (Phi) is 5.04. The zero-order valence-corrected chi connectivity index (χ0v) is 14.7. The van der Waals surface area contributed by atoms with E-state index in [-0.39, 0.29) is 6.03 Å². The number of piperidine rings is 1. The van der Waals surface area contributed by atoms with Crippen molar-refractivity contribution in [2.24, 2.45) is 0 Å². The highest BCUT2D eigenvalue weighted by Crippen LogP contribution is 2.28. The monoisotopic (exact) mass is 347 g/mol. The first kappa shape index (κ1) is 16.8. The van der Waals surface area contributed by atoms with E-state index in [1.54, 1.807) is 18.5 Å². The standard InChI is InChI=1S/C17H22ClN5O/c1-12(2)23-11-19-21-16(23)13-6-8-22(9-7-13)17(24)20-15-5-3-4-14(18)10-15/h3-5,10-13H,6-9H2,1-2H3,(H,20,24). The number of urea groups is 1. The van der Waals surface area contributed by atoms with Gasteiger partial charge in [0.05, 0.1) is 0 Å². The molecule has 0 atom stereocenters. The number of halogens is 1. The van der Waals surface area contributed by atoms with E-state index in [0.29, 0.717) is 35.8 Å². The number of hydrogen-bond acceptors (Lipinski definition) is 3. The van der Waals surface area contributed by atoms with Crippen molar-refractivity contribution in [3.8, 4) is 0 Å². The number of anilines is 1. The number of aromatic nitrogens is 3. The Morgan fingerprint density at radius 3 is 2.75 bits per heavy atom. The predicted molar refractivity (Wildman–Crippen MR) is 94.4 cm³/mol. The average molecular weight is 348 g/mol. The molecule has 1 aliphatic rings. The second-order valence-corrected chi connectivity index (χ2v) is 6.83. The molecule has 0 aliphatic carbocycles. The molecule has 1 fully saturated rings. The molecule has 2 heterocycles. The number of amides is 2. The van der Waals surface area contributed by atoms with Crippen molar-refractivity contribution in [1.29, 1.82) is 0 Å². The summed E-state index contributed by atoms with van der Waals surface area (Å²) in [4.78, 5) is 14.2. The molecule has 2 amide bonds. The van der Waals surface area contributed by atoms with E-state index in [9.17, 15) is 4.79 Å². The quantitative estimate of drug-likeness (QED) is 0.915. The van der Waals surface area contributed by atoms with E-state index in [1.807, 2.05) is 17.0 Å². The third kappa shape index (κ3) is 3.70. The van der Waals surface area contributed by atoms with E-state index in [1.165, 1.54) is 0 Å². The topological polar surface area (TPSA) is 63.1 Å². The zero-order valence-electron chi connectivity index (χ0n) is 13.9. The summed E-state index contributed by atoms with van der Waals surface area (Å²) in [5.41, 5.74) is 0.717. The second-order valence-electron chi connectivity index (χ2n) is 6.39. The summed E-state index contributed by atoms with van der Waals surface area (Å²) in [5.74, 6) is 1.38. The van der Waals surface area contributed by atoms with Gasteiger partial charge in [-0.25, -0.2) is 4.79 Å². The van der Waals surface area contributed by atoms with Gasteiger partial charge >= 0.3 is 6.03 Å². The van der Waals surface area contributed by atoms with Crippen LogP contribution in [0.5, 0.6) is 0 Å². The number of hydrogen-bond donors (Lipinski definition) is 1. The molecule has 1 aromatic carbocycles. The molecule has 1 aliphatic heterocycles. The summed E-state index contributed by atoms with van der Waals surface area (Å²) in [7, 11) is 0. The van der Waals surface area contributed by atoms with Crippen molar-refractivity contribution in [1.82, 2.24) is 19.7 Å². The Morgan fingerprint density at radius 1 is 1.33 bits per heavy atom. The number of carbonyl (C=O) groups excluding carboxylic acids is 1. The van der Waals surface area contributed by atoms with Crippen LogP contribution in [-0.2, 0) is 0 Å². The molecule has 128 valence electrons. The molecule has 7 heteroatoms. The number of benzene rings is 1. The number of nitrogens with one attached hydrogen (secondary N) is 1. The Morgan fingerprint density at radius 2 is 2.08 bits per heavy atom. The molecular formula is C17H22ClN5O. The SMILES string of the molecule is CC(C)n1cnnc1C1CCN(C(=O)Nc2cccc(Cl)c2)CC1. The lowest BCUT2D eigenvalue weighted by Gasteiger charge is -2.32. The third-order valence-electron chi connectivity index (χ3n) is 4.38. The lowest BCUT2D eigenvalue weighted by Crippen LogP contribution is -2.41. The van der Waals surface area contributed by atoms with Gasteiger partial charge in [-0.15, -0.1) is 10.2 Å². The first-order valence-corrected chi connectivity index (χ1v) is 8.63. The van der Waals surface area contributed by atoms with Crippen LogP contribution in [0.2, 0.25) is 5.02 Å². The molecule has 24 heavy (non-hydrogen) atoms. The summed E-state index contributed by atoms with van der Waals surface area (Å²) in [6, 6.07) is 7.45. The van der Waals surface area contributed by atoms with Crippen LogP contribution in [-0.4, -0.2) is 38.8 Å². The van der Waals surface area contributed by atoms with Gasteiger partial charge in [-0.3, -0.25) is 0 Å². The lowest BCUT2D eigenvalue weighted by atomic mass is 9.96. The van der Waals surface area contributed by atoms with Gasteiger partial charge in [0.25, 0.3) is 0 Å². The lowest BCUT2D eigenvalue weighted by molar-refractivity contribution is 0.192. The van der Waals surface area contributed by atoms with Crippen LogP contribution in [0.3, 0.4) is 0 Å². The fourth-order valence-corrected chi connectivity index (χ4v) is 3.24. The largest absolute Gasteiger partial charge is 0.324 e.